The number of likely N-dealkylation sites (N-methyl/N-ethyl adjacent to an activating group) is 1. The van der Waals surface area contributed by atoms with Crippen molar-refractivity contribution in [3.05, 3.63) is 101 Å². The van der Waals surface area contributed by atoms with E-state index >= 15 is 0 Å². The van der Waals surface area contributed by atoms with E-state index in [9.17, 15) is 23.2 Å². The molecule has 4 aromatic rings. The van der Waals surface area contributed by atoms with E-state index in [0.29, 0.717) is 28.6 Å². The number of hydrogen-bond donors (Lipinski definition) is 2. The monoisotopic (exact) mass is 586 g/mol. The highest BCUT2D eigenvalue weighted by atomic mass is 19.1. The fourth-order valence-corrected chi connectivity index (χ4v) is 5.92. The van der Waals surface area contributed by atoms with Crippen LogP contribution in [0.15, 0.2) is 66.7 Å². The molecule has 7 rings (SSSR count). The second-order valence-corrected chi connectivity index (χ2v) is 11.3. The molecular formula is C32H32F2N6O3. The van der Waals surface area contributed by atoms with Gasteiger partial charge in [-0.25, -0.2) is 13.6 Å². The van der Waals surface area contributed by atoms with E-state index < -0.39 is 6.03 Å². The first-order valence-electron chi connectivity index (χ1n) is 14.3. The molecule has 3 aromatic carbocycles. The van der Waals surface area contributed by atoms with E-state index in [1.807, 2.05) is 4.90 Å². The number of piperazine rings is 1. The summed E-state index contributed by atoms with van der Waals surface area (Å²) in [6, 6.07) is 16.7. The Kier molecular flexibility index (Phi) is 7.90. The molecule has 3 fully saturated rings. The molecule has 43 heavy (non-hydrogen) atoms. The smallest absolute Gasteiger partial charge is 0.342 e. The van der Waals surface area contributed by atoms with Crippen molar-refractivity contribution in [2.45, 2.75) is 44.4 Å². The second kappa shape index (κ2) is 11.9. The minimum absolute atomic E-state index is 0.0475. The number of nitrogens with zero attached hydrogens (tertiary/aromatic N) is 4. The Labute approximate surface area is 247 Å². The number of halogens is 2. The number of carbonyl (C=O) groups is 3. The van der Waals surface area contributed by atoms with Crippen molar-refractivity contribution in [1.29, 1.82) is 0 Å². The van der Waals surface area contributed by atoms with Gasteiger partial charge in [0.25, 0.3) is 5.91 Å². The summed E-state index contributed by atoms with van der Waals surface area (Å²) in [6.45, 7) is 1.78. The molecule has 2 unspecified atom stereocenters. The predicted octanol–water partition coefficient (Wildman–Crippen LogP) is 3.85. The molecule has 0 saturated carbocycles. The summed E-state index contributed by atoms with van der Waals surface area (Å²) in [5, 5.41) is 10.6. The third-order valence-corrected chi connectivity index (χ3v) is 8.33. The maximum Gasteiger partial charge on any atom is 0.342 e. The molecule has 3 aliphatic heterocycles. The van der Waals surface area contributed by atoms with Crippen molar-refractivity contribution in [3.63, 3.8) is 0 Å². The van der Waals surface area contributed by atoms with E-state index in [1.54, 1.807) is 42.5 Å². The molecule has 3 amide bonds. The minimum Gasteiger partial charge on any atom is -0.352 e. The van der Waals surface area contributed by atoms with Crippen molar-refractivity contribution in [2.75, 3.05) is 20.1 Å². The van der Waals surface area contributed by atoms with Crippen LogP contribution in [0.1, 0.15) is 40.0 Å². The molecule has 2 bridgehead atoms. The van der Waals surface area contributed by atoms with Crippen LogP contribution < -0.4 is 10.6 Å². The Bertz CT molecular complexity index is 1670. The summed E-state index contributed by atoms with van der Waals surface area (Å²) in [7, 11) is 2.07. The SMILES string of the molecule is CN1CC2CCC1CN2C(=O)c1nn(C(=O)NCc2ccc(F)cc2)c2ccc(CC(=O)NCc3ccc(F)cc3)cc12. The summed E-state index contributed by atoms with van der Waals surface area (Å²) in [4.78, 5) is 44.1. The van der Waals surface area contributed by atoms with Gasteiger partial charge in [-0.05, 0) is 73.0 Å². The lowest BCUT2D eigenvalue weighted by atomic mass is 9.91. The van der Waals surface area contributed by atoms with Gasteiger partial charge in [0.1, 0.15) is 11.6 Å². The summed E-state index contributed by atoms with van der Waals surface area (Å²) < 4.78 is 27.7. The van der Waals surface area contributed by atoms with Gasteiger partial charge in [-0.3, -0.25) is 14.5 Å². The Morgan fingerprint density at radius 3 is 2.02 bits per heavy atom. The maximum atomic E-state index is 13.9. The van der Waals surface area contributed by atoms with Crippen LogP contribution in [0.2, 0.25) is 0 Å². The number of piperidine rings is 2. The van der Waals surface area contributed by atoms with Crippen LogP contribution in [0.3, 0.4) is 0 Å². The van der Waals surface area contributed by atoms with Crippen molar-refractivity contribution in [2.24, 2.45) is 0 Å². The van der Waals surface area contributed by atoms with Gasteiger partial charge >= 0.3 is 6.03 Å². The molecule has 11 heteroatoms. The number of amides is 3. The predicted molar refractivity (Wildman–Crippen MR) is 156 cm³/mol. The molecule has 0 aliphatic carbocycles. The largest absolute Gasteiger partial charge is 0.352 e. The summed E-state index contributed by atoms with van der Waals surface area (Å²) in [5.41, 5.74) is 2.74. The van der Waals surface area contributed by atoms with E-state index in [1.165, 1.54) is 28.9 Å². The number of aromatic nitrogens is 2. The van der Waals surface area contributed by atoms with Gasteiger partial charge in [-0.15, -0.1) is 0 Å². The zero-order chi connectivity index (χ0) is 30.1. The lowest BCUT2D eigenvalue weighted by Gasteiger charge is -2.50. The first-order chi connectivity index (χ1) is 20.7. The van der Waals surface area contributed by atoms with Crippen LogP contribution in [0.25, 0.3) is 10.9 Å². The van der Waals surface area contributed by atoms with Crippen molar-refractivity contribution < 1.29 is 23.2 Å². The Hall–Kier alpha value is -4.64. The van der Waals surface area contributed by atoms with E-state index in [-0.39, 0.29) is 60.7 Å². The number of fused-ring (bicyclic) bond motifs is 4. The zero-order valence-corrected chi connectivity index (χ0v) is 23.7. The van der Waals surface area contributed by atoms with Crippen LogP contribution in [-0.2, 0) is 24.3 Å². The highest BCUT2D eigenvalue weighted by Gasteiger charge is 2.41. The summed E-state index contributed by atoms with van der Waals surface area (Å²) >= 11 is 0. The quantitative estimate of drug-likeness (QED) is 0.343. The topological polar surface area (TPSA) is 99.6 Å². The number of benzene rings is 3. The standard InChI is InChI=1S/C32H32F2N6O3/c1-38-18-26-12-11-25(38)19-39(26)31(42)30-27-14-22(15-29(41)35-16-20-2-7-23(33)8-3-20)6-13-28(27)40(37-30)32(43)36-17-21-4-9-24(34)10-5-21/h2-10,13-14,25-26H,11-12,15-19H2,1H3,(H,35,41)(H,36,43). The average Bonchev–Trinajstić information content (AvgIpc) is 3.39. The molecule has 222 valence electrons. The van der Waals surface area contributed by atoms with Gasteiger partial charge in [0, 0.05) is 43.6 Å². The van der Waals surface area contributed by atoms with Crippen molar-refractivity contribution >= 4 is 28.7 Å². The molecular weight excluding hydrogens is 554 g/mol. The van der Waals surface area contributed by atoms with E-state index in [2.05, 4.69) is 27.7 Å². The number of hydrogen-bond acceptors (Lipinski definition) is 5. The molecule has 4 heterocycles. The maximum absolute atomic E-state index is 13.9. The minimum atomic E-state index is -0.530. The Balaban J connectivity index is 1.25. The van der Waals surface area contributed by atoms with Gasteiger partial charge in [0.15, 0.2) is 5.69 Å². The first-order valence-corrected chi connectivity index (χ1v) is 14.3. The molecule has 2 N–H and O–H groups in total. The fraction of sp³-hybridized carbons (Fsp3) is 0.312. The third-order valence-electron chi connectivity index (χ3n) is 8.33. The molecule has 2 atom stereocenters. The number of nitrogens with one attached hydrogen (secondary N) is 2. The van der Waals surface area contributed by atoms with Gasteiger partial charge in [-0.1, -0.05) is 30.3 Å². The Morgan fingerprint density at radius 1 is 0.814 bits per heavy atom. The van der Waals surface area contributed by atoms with Crippen LogP contribution in [-0.4, -0.2) is 69.6 Å². The molecule has 1 aromatic heterocycles. The van der Waals surface area contributed by atoms with Crippen LogP contribution >= 0.6 is 0 Å². The van der Waals surface area contributed by atoms with Crippen molar-refractivity contribution in [1.82, 2.24) is 30.2 Å². The van der Waals surface area contributed by atoms with Crippen LogP contribution in [0, 0.1) is 11.6 Å². The van der Waals surface area contributed by atoms with E-state index in [0.717, 1.165) is 24.9 Å². The van der Waals surface area contributed by atoms with Gasteiger partial charge < -0.3 is 15.5 Å². The Morgan fingerprint density at radius 2 is 1.42 bits per heavy atom. The molecule has 0 spiro atoms. The van der Waals surface area contributed by atoms with Crippen molar-refractivity contribution in [3.8, 4) is 0 Å². The first kappa shape index (κ1) is 28.5. The van der Waals surface area contributed by atoms with Crippen LogP contribution in [0.4, 0.5) is 13.6 Å². The normalized spacial score (nSPS) is 18.2. The van der Waals surface area contributed by atoms with Gasteiger partial charge in [0.2, 0.25) is 5.91 Å². The lowest BCUT2D eigenvalue weighted by Crippen LogP contribution is -2.62. The summed E-state index contributed by atoms with van der Waals surface area (Å²) in [6.07, 6.45) is 1.99. The highest BCUT2D eigenvalue weighted by molar-refractivity contribution is 6.07. The van der Waals surface area contributed by atoms with Crippen LogP contribution in [0.5, 0.6) is 0 Å². The zero-order valence-electron chi connectivity index (χ0n) is 23.7. The molecule has 3 saturated heterocycles. The third kappa shape index (κ3) is 6.12. The lowest BCUT2D eigenvalue weighted by molar-refractivity contribution is -0.120. The fourth-order valence-electron chi connectivity index (χ4n) is 5.92. The summed E-state index contributed by atoms with van der Waals surface area (Å²) in [5.74, 6) is -1.19. The molecule has 0 radical (unpaired) electrons. The number of rotatable bonds is 7. The average molecular weight is 587 g/mol. The second-order valence-electron chi connectivity index (χ2n) is 11.3. The molecule has 9 nitrogen and oxygen atoms in total. The van der Waals surface area contributed by atoms with Gasteiger partial charge in [-0.2, -0.15) is 9.78 Å². The highest BCUT2D eigenvalue weighted by Crippen LogP contribution is 2.30. The van der Waals surface area contributed by atoms with E-state index in [4.69, 9.17) is 0 Å². The molecule has 3 aliphatic rings. The van der Waals surface area contributed by atoms with Gasteiger partial charge in [0.05, 0.1) is 11.9 Å². The number of carbonyl (C=O) groups excluding carboxylic acids is 3.